The summed E-state index contributed by atoms with van der Waals surface area (Å²) in [5.74, 6) is 0. The Kier molecular flexibility index (Phi) is 2.71. The Morgan fingerprint density at radius 2 is 2.56 bits per heavy atom. The van der Waals surface area contributed by atoms with E-state index in [-0.39, 0.29) is 0 Å². The fraction of sp³-hybridized carbons (Fsp3) is 0.857. The number of hydrogen-bond acceptors (Lipinski definition) is 2. The molecule has 1 atom stereocenters. The van der Waals surface area contributed by atoms with Crippen molar-refractivity contribution in [1.29, 1.82) is 0 Å². The topological polar surface area (TPSA) is 26.3 Å². The summed E-state index contributed by atoms with van der Waals surface area (Å²) in [6, 6.07) is 0. The van der Waals surface area contributed by atoms with Crippen LogP contribution in [0.25, 0.3) is 0 Å². The molecule has 0 aliphatic carbocycles. The molecule has 1 heterocycles. The first-order chi connectivity index (χ1) is 4.43. The normalized spacial score (nSPS) is 26.4. The summed E-state index contributed by atoms with van der Waals surface area (Å²) < 4.78 is 5.30. The van der Waals surface area contributed by atoms with Crippen LogP contribution in [0.4, 0.5) is 0 Å². The summed E-state index contributed by atoms with van der Waals surface area (Å²) >= 11 is 0. The third-order valence-electron chi connectivity index (χ3n) is 1.63. The number of aldehydes is 1. The number of ether oxygens (including phenoxy) is 1. The van der Waals surface area contributed by atoms with Gasteiger partial charge in [-0.25, -0.2) is 0 Å². The second-order valence-corrected chi connectivity index (χ2v) is 2.38. The second kappa shape index (κ2) is 3.62. The van der Waals surface area contributed by atoms with E-state index in [9.17, 15) is 4.79 Å². The van der Waals surface area contributed by atoms with Crippen LogP contribution in [-0.4, -0.2) is 19.0 Å². The monoisotopic (exact) mass is 128 g/mol. The summed E-state index contributed by atoms with van der Waals surface area (Å²) in [4.78, 5) is 9.91. The van der Waals surface area contributed by atoms with Gasteiger partial charge in [0.25, 0.3) is 0 Å². The maximum absolute atomic E-state index is 9.91. The molecular weight excluding hydrogens is 116 g/mol. The van der Waals surface area contributed by atoms with Crippen LogP contribution in [0.2, 0.25) is 0 Å². The lowest BCUT2D eigenvalue weighted by Crippen LogP contribution is -2.03. The van der Waals surface area contributed by atoms with E-state index < -0.39 is 0 Å². The van der Waals surface area contributed by atoms with Crippen molar-refractivity contribution in [2.24, 2.45) is 0 Å². The smallest absolute Gasteiger partial charge is 0.120 e. The van der Waals surface area contributed by atoms with Crippen molar-refractivity contribution in [3.05, 3.63) is 0 Å². The molecule has 1 saturated heterocycles. The largest absolute Gasteiger partial charge is 0.378 e. The molecular formula is C7H12O2. The minimum absolute atomic E-state index is 0.384. The van der Waals surface area contributed by atoms with Crippen LogP contribution in [0, 0.1) is 0 Å². The zero-order valence-corrected chi connectivity index (χ0v) is 5.51. The van der Waals surface area contributed by atoms with Gasteiger partial charge in [0.1, 0.15) is 6.29 Å². The van der Waals surface area contributed by atoms with Crippen LogP contribution in [-0.2, 0) is 9.53 Å². The van der Waals surface area contributed by atoms with Gasteiger partial charge in [-0.05, 0) is 19.3 Å². The molecule has 2 nitrogen and oxygen atoms in total. The van der Waals surface area contributed by atoms with Gasteiger partial charge >= 0.3 is 0 Å². The molecule has 0 bridgehead atoms. The van der Waals surface area contributed by atoms with Crippen LogP contribution in [0.15, 0.2) is 0 Å². The molecule has 1 aliphatic heterocycles. The molecule has 0 radical (unpaired) electrons. The minimum Gasteiger partial charge on any atom is -0.378 e. The van der Waals surface area contributed by atoms with E-state index >= 15 is 0 Å². The molecule has 0 unspecified atom stereocenters. The lowest BCUT2D eigenvalue weighted by atomic mass is 10.1. The lowest BCUT2D eigenvalue weighted by molar-refractivity contribution is -0.108. The molecule has 2 heteroatoms. The van der Waals surface area contributed by atoms with Gasteiger partial charge < -0.3 is 9.53 Å². The number of rotatable bonds is 3. The van der Waals surface area contributed by atoms with Crippen LogP contribution < -0.4 is 0 Å². The van der Waals surface area contributed by atoms with E-state index in [1.54, 1.807) is 0 Å². The van der Waals surface area contributed by atoms with Gasteiger partial charge in [-0.2, -0.15) is 0 Å². The zero-order valence-electron chi connectivity index (χ0n) is 5.51. The Morgan fingerprint density at radius 1 is 1.67 bits per heavy atom. The van der Waals surface area contributed by atoms with Crippen molar-refractivity contribution in [3.63, 3.8) is 0 Å². The molecule has 0 amide bonds. The lowest BCUT2D eigenvalue weighted by Gasteiger charge is -2.04. The van der Waals surface area contributed by atoms with Crippen LogP contribution >= 0.6 is 0 Å². The highest BCUT2D eigenvalue weighted by atomic mass is 16.5. The van der Waals surface area contributed by atoms with Crippen LogP contribution in [0.1, 0.15) is 25.7 Å². The van der Waals surface area contributed by atoms with Gasteiger partial charge in [-0.1, -0.05) is 0 Å². The number of carbonyl (C=O) groups excluding carboxylic acids is 1. The third-order valence-corrected chi connectivity index (χ3v) is 1.63. The van der Waals surface area contributed by atoms with Gasteiger partial charge in [0.15, 0.2) is 0 Å². The molecule has 9 heavy (non-hydrogen) atoms. The Labute approximate surface area is 55.2 Å². The first-order valence-electron chi connectivity index (χ1n) is 3.48. The molecule has 1 rings (SSSR count). The van der Waals surface area contributed by atoms with E-state index in [0.717, 1.165) is 25.7 Å². The predicted octanol–water partition coefficient (Wildman–Crippen LogP) is 1.14. The summed E-state index contributed by atoms with van der Waals surface area (Å²) in [5, 5.41) is 0. The zero-order chi connectivity index (χ0) is 6.53. The van der Waals surface area contributed by atoms with Crippen molar-refractivity contribution >= 4 is 6.29 Å². The Morgan fingerprint density at radius 3 is 3.11 bits per heavy atom. The summed E-state index contributed by atoms with van der Waals surface area (Å²) in [5.41, 5.74) is 0. The molecule has 1 fully saturated rings. The highest BCUT2D eigenvalue weighted by Crippen LogP contribution is 2.15. The minimum atomic E-state index is 0.384. The maximum Gasteiger partial charge on any atom is 0.120 e. The van der Waals surface area contributed by atoms with Gasteiger partial charge in [0, 0.05) is 13.0 Å². The van der Waals surface area contributed by atoms with E-state index in [2.05, 4.69) is 0 Å². The quantitative estimate of drug-likeness (QED) is 0.533. The van der Waals surface area contributed by atoms with Crippen LogP contribution in [0.5, 0.6) is 0 Å². The van der Waals surface area contributed by atoms with E-state index in [1.807, 2.05) is 0 Å². The van der Waals surface area contributed by atoms with Gasteiger partial charge in [0.05, 0.1) is 6.10 Å². The summed E-state index contributed by atoms with van der Waals surface area (Å²) in [7, 11) is 0. The maximum atomic E-state index is 9.91. The molecule has 52 valence electrons. The molecule has 0 aromatic heterocycles. The van der Waals surface area contributed by atoms with Crippen molar-refractivity contribution in [3.8, 4) is 0 Å². The molecule has 1 aliphatic rings. The molecule has 0 aromatic carbocycles. The van der Waals surface area contributed by atoms with E-state index in [1.165, 1.54) is 6.42 Å². The van der Waals surface area contributed by atoms with Crippen LogP contribution in [0.3, 0.4) is 0 Å². The molecule has 0 N–H and O–H groups in total. The second-order valence-electron chi connectivity index (χ2n) is 2.38. The van der Waals surface area contributed by atoms with Crippen molar-refractivity contribution < 1.29 is 9.53 Å². The fourth-order valence-corrected chi connectivity index (χ4v) is 1.13. The first-order valence-corrected chi connectivity index (χ1v) is 3.48. The molecule has 0 spiro atoms. The highest BCUT2D eigenvalue weighted by molar-refractivity contribution is 5.49. The summed E-state index contributed by atoms with van der Waals surface area (Å²) in [6.07, 6.45) is 5.24. The first kappa shape index (κ1) is 6.75. The van der Waals surface area contributed by atoms with E-state index in [0.29, 0.717) is 12.5 Å². The summed E-state index contributed by atoms with van der Waals surface area (Å²) in [6.45, 7) is 0.892. The highest BCUT2D eigenvalue weighted by Gasteiger charge is 2.13. The van der Waals surface area contributed by atoms with Crippen molar-refractivity contribution in [1.82, 2.24) is 0 Å². The standard InChI is InChI=1S/C7H12O2/c8-5-1-3-7-4-2-6-9-7/h5,7H,1-4,6H2/t7-/m0/s1. The van der Waals surface area contributed by atoms with Gasteiger partial charge in [-0.3, -0.25) is 0 Å². The van der Waals surface area contributed by atoms with Gasteiger partial charge in [-0.15, -0.1) is 0 Å². The Hall–Kier alpha value is -0.370. The predicted molar refractivity (Wildman–Crippen MR) is 34.3 cm³/mol. The Bertz CT molecular complexity index is 84.9. The molecule has 0 saturated carbocycles. The van der Waals surface area contributed by atoms with E-state index in [4.69, 9.17) is 4.74 Å². The molecule has 0 aromatic rings. The average molecular weight is 128 g/mol. The van der Waals surface area contributed by atoms with Gasteiger partial charge in [0.2, 0.25) is 0 Å². The average Bonchev–Trinajstić information content (AvgIpc) is 2.34. The number of carbonyl (C=O) groups is 1. The number of hydrogen-bond donors (Lipinski definition) is 0. The fourth-order valence-electron chi connectivity index (χ4n) is 1.13. The van der Waals surface area contributed by atoms with Crippen molar-refractivity contribution in [2.75, 3.05) is 6.61 Å². The SMILES string of the molecule is O=CCC[C@H]1CCCO1. The van der Waals surface area contributed by atoms with Crippen molar-refractivity contribution in [2.45, 2.75) is 31.8 Å². The third kappa shape index (κ3) is 2.14. The Balaban J connectivity index is 2.04.